The molecule has 5 heteroatoms. The number of hydrogen-bond donors (Lipinski definition) is 2. The van der Waals surface area contributed by atoms with Crippen LogP contribution in [0.5, 0.6) is 0 Å². The molecule has 0 saturated carbocycles. The Kier molecular flexibility index (Phi) is 4.24. The Morgan fingerprint density at radius 2 is 2.12 bits per heavy atom. The van der Waals surface area contributed by atoms with Crippen LogP contribution in [0.4, 0.5) is 10.8 Å². The van der Waals surface area contributed by atoms with Crippen LogP contribution in [0, 0.1) is 6.92 Å². The van der Waals surface area contributed by atoms with Gasteiger partial charge in [0.15, 0.2) is 5.13 Å². The molecule has 25 heavy (non-hydrogen) atoms. The molecule has 0 aliphatic carbocycles. The Morgan fingerprint density at radius 1 is 1.24 bits per heavy atom. The van der Waals surface area contributed by atoms with Gasteiger partial charge in [0.2, 0.25) is 0 Å². The number of nitrogens with zero attached hydrogens (tertiary/aromatic N) is 1. The van der Waals surface area contributed by atoms with Crippen molar-refractivity contribution in [1.29, 1.82) is 0 Å². The van der Waals surface area contributed by atoms with Crippen LogP contribution in [-0.4, -0.2) is 17.4 Å². The molecule has 1 aliphatic rings. The molecule has 0 unspecified atom stereocenters. The Hall–Kier alpha value is -2.66. The Labute approximate surface area is 150 Å². The zero-order valence-corrected chi connectivity index (χ0v) is 14.8. The second-order valence-electron chi connectivity index (χ2n) is 6.20. The molecule has 2 aromatic carbocycles. The molecule has 4 nitrogen and oxygen atoms in total. The van der Waals surface area contributed by atoms with E-state index in [0.717, 1.165) is 35.5 Å². The molecule has 2 heterocycles. The fourth-order valence-electron chi connectivity index (χ4n) is 3.09. The maximum Gasteiger partial charge on any atom is 0.257 e. The van der Waals surface area contributed by atoms with Crippen molar-refractivity contribution in [3.05, 3.63) is 65.4 Å². The topological polar surface area (TPSA) is 54.0 Å². The lowest BCUT2D eigenvalue weighted by Crippen LogP contribution is -2.15. The molecule has 1 aromatic heterocycles. The lowest BCUT2D eigenvalue weighted by Gasteiger charge is -2.18. The number of fused-ring (bicyclic) bond motifs is 1. The summed E-state index contributed by atoms with van der Waals surface area (Å²) >= 11 is 1.50. The van der Waals surface area contributed by atoms with Gasteiger partial charge in [-0.2, -0.15) is 0 Å². The number of hydrogen-bond acceptors (Lipinski definition) is 4. The average molecular weight is 349 g/mol. The van der Waals surface area contributed by atoms with Gasteiger partial charge in [-0.25, -0.2) is 4.98 Å². The van der Waals surface area contributed by atoms with E-state index in [2.05, 4.69) is 34.7 Å². The zero-order chi connectivity index (χ0) is 17.2. The number of nitrogens with one attached hydrogen (secondary N) is 2. The molecule has 0 bridgehead atoms. The molecular weight excluding hydrogens is 330 g/mol. The molecule has 2 N–H and O–H groups in total. The highest BCUT2D eigenvalue weighted by atomic mass is 32.1. The minimum atomic E-state index is -0.112. The van der Waals surface area contributed by atoms with E-state index in [-0.39, 0.29) is 5.91 Å². The largest absolute Gasteiger partial charge is 0.385 e. The van der Waals surface area contributed by atoms with Crippen LogP contribution in [0.1, 0.15) is 27.9 Å². The smallest absolute Gasteiger partial charge is 0.257 e. The third-order valence-corrected chi connectivity index (χ3v) is 5.39. The number of thiazole rings is 1. The summed E-state index contributed by atoms with van der Waals surface area (Å²) in [5.41, 5.74) is 5.37. The quantitative estimate of drug-likeness (QED) is 0.719. The van der Waals surface area contributed by atoms with E-state index in [0.29, 0.717) is 10.7 Å². The molecule has 0 saturated heterocycles. The van der Waals surface area contributed by atoms with Crippen LogP contribution in [0.3, 0.4) is 0 Å². The Balaban J connectivity index is 1.53. The van der Waals surface area contributed by atoms with Crippen molar-refractivity contribution < 1.29 is 4.79 Å². The van der Waals surface area contributed by atoms with Crippen molar-refractivity contribution in [3.63, 3.8) is 0 Å². The minimum absolute atomic E-state index is 0.112. The summed E-state index contributed by atoms with van der Waals surface area (Å²) < 4.78 is 0. The summed E-state index contributed by atoms with van der Waals surface area (Å²) in [6.45, 7) is 3.08. The number of aryl methyl sites for hydroxylation is 2. The maximum absolute atomic E-state index is 12.5. The zero-order valence-electron chi connectivity index (χ0n) is 14.0. The van der Waals surface area contributed by atoms with Gasteiger partial charge in [-0.05, 0) is 54.7 Å². The summed E-state index contributed by atoms with van der Waals surface area (Å²) in [6.07, 6.45) is 3.93. The first-order valence-corrected chi connectivity index (χ1v) is 9.22. The minimum Gasteiger partial charge on any atom is -0.385 e. The van der Waals surface area contributed by atoms with E-state index in [4.69, 9.17) is 0 Å². The molecule has 126 valence electrons. The van der Waals surface area contributed by atoms with Crippen molar-refractivity contribution in [2.45, 2.75) is 19.8 Å². The van der Waals surface area contributed by atoms with Gasteiger partial charge < -0.3 is 5.32 Å². The first kappa shape index (κ1) is 15.8. The Bertz CT molecular complexity index is 932. The van der Waals surface area contributed by atoms with Gasteiger partial charge in [-0.1, -0.05) is 35.6 Å². The molecule has 3 aromatic rings. The molecule has 0 atom stereocenters. The van der Waals surface area contributed by atoms with Crippen molar-refractivity contribution >= 4 is 28.1 Å². The van der Waals surface area contributed by atoms with E-state index >= 15 is 0 Å². The van der Waals surface area contributed by atoms with Gasteiger partial charge in [0, 0.05) is 24.0 Å². The highest BCUT2D eigenvalue weighted by Crippen LogP contribution is 2.31. The van der Waals surface area contributed by atoms with Crippen LogP contribution in [0.2, 0.25) is 0 Å². The Morgan fingerprint density at radius 3 is 3.00 bits per heavy atom. The number of carbonyl (C=O) groups excluding carboxylic acids is 1. The summed E-state index contributed by atoms with van der Waals surface area (Å²) in [4.78, 5) is 18.0. The molecule has 1 aliphatic heterocycles. The number of amides is 1. The normalized spacial score (nSPS) is 13.0. The first-order valence-electron chi connectivity index (χ1n) is 8.41. The van der Waals surface area contributed by atoms with Crippen LogP contribution in [0.15, 0.2) is 48.7 Å². The number of aromatic nitrogens is 1. The van der Waals surface area contributed by atoms with E-state index < -0.39 is 0 Å². The lowest BCUT2D eigenvalue weighted by atomic mass is 10.0. The molecule has 0 fully saturated rings. The molecular formula is C20H19N3OS. The van der Waals surface area contributed by atoms with Gasteiger partial charge in [-0.15, -0.1) is 0 Å². The van der Waals surface area contributed by atoms with Crippen molar-refractivity contribution in [3.8, 4) is 10.4 Å². The molecule has 0 spiro atoms. The fraction of sp³-hybridized carbons (Fsp3) is 0.200. The van der Waals surface area contributed by atoms with E-state index in [1.807, 2.05) is 36.5 Å². The van der Waals surface area contributed by atoms with Crippen LogP contribution >= 0.6 is 11.3 Å². The molecule has 1 amide bonds. The molecule has 4 rings (SSSR count). The number of anilines is 2. The average Bonchev–Trinajstić information content (AvgIpc) is 3.10. The second kappa shape index (κ2) is 6.69. The van der Waals surface area contributed by atoms with Gasteiger partial charge >= 0.3 is 0 Å². The summed E-state index contributed by atoms with van der Waals surface area (Å²) in [5, 5.41) is 6.91. The van der Waals surface area contributed by atoms with E-state index in [9.17, 15) is 4.79 Å². The monoisotopic (exact) mass is 349 g/mol. The summed E-state index contributed by atoms with van der Waals surface area (Å²) in [5.74, 6) is -0.112. The maximum atomic E-state index is 12.5. The number of rotatable bonds is 3. The summed E-state index contributed by atoms with van der Waals surface area (Å²) in [6, 6.07) is 14.0. The first-order chi connectivity index (χ1) is 12.2. The lowest BCUT2D eigenvalue weighted by molar-refractivity contribution is 0.102. The van der Waals surface area contributed by atoms with Crippen molar-refractivity contribution in [2.24, 2.45) is 0 Å². The van der Waals surface area contributed by atoms with Gasteiger partial charge in [-0.3, -0.25) is 10.1 Å². The van der Waals surface area contributed by atoms with Gasteiger partial charge in [0.1, 0.15) is 0 Å². The van der Waals surface area contributed by atoms with Crippen molar-refractivity contribution in [1.82, 2.24) is 4.98 Å². The SMILES string of the molecule is Cc1ccccc1-c1cnc(NC(=O)c2ccc3c(c2)CCCN3)s1. The van der Waals surface area contributed by atoms with E-state index in [1.54, 1.807) is 0 Å². The third-order valence-electron chi connectivity index (χ3n) is 4.44. The predicted molar refractivity (Wildman–Crippen MR) is 103 cm³/mol. The van der Waals surface area contributed by atoms with Gasteiger partial charge in [0.05, 0.1) is 4.88 Å². The standard InChI is InChI=1S/C20H19N3OS/c1-13-5-2-3-7-16(13)18-12-22-20(25-18)23-19(24)15-8-9-17-14(11-15)6-4-10-21-17/h2-3,5,7-9,11-12,21H,4,6,10H2,1H3,(H,22,23,24). The van der Waals surface area contributed by atoms with Crippen LogP contribution in [0.25, 0.3) is 10.4 Å². The van der Waals surface area contributed by atoms with Crippen molar-refractivity contribution in [2.75, 3.05) is 17.2 Å². The van der Waals surface area contributed by atoms with Crippen LogP contribution < -0.4 is 10.6 Å². The van der Waals surface area contributed by atoms with Gasteiger partial charge in [0.25, 0.3) is 5.91 Å². The second-order valence-corrected chi connectivity index (χ2v) is 7.23. The van der Waals surface area contributed by atoms with Crippen LogP contribution in [-0.2, 0) is 6.42 Å². The predicted octanol–water partition coefficient (Wildman–Crippen LogP) is 4.73. The van der Waals surface area contributed by atoms with E-state index in [1.165, 1.54) is 22.5 Å². The highest BCUT2D eigenvalue weighted by Gasteiger charge is 2.14. The fourth-order valence-corrected chi connectivity index (χ4v) is 3.99. The third kappa shape index (κ3) is 3.28. The highest BCUT2D eigenvalue weighted by molar-refractivity contribution is 7.19. The number of benzene rings is 2. The molecule has 0 radical (unpaired) electrons. The summed E-state index contributed by atoms with van der Waals surface area (Å²) in [7, 11) is 0. The number of carbonyl (C=O) groups is 1.